The Hall–Kier alpha value is -1.42. The lowest BCUT2D eigenvalue weighted by Crippen LogP contribution is -2.33. The summed E-state index contributed by atoms with van der Waals surface area (Å²) in [7, 11) is 2.07. The second-order valence-electron chi connectivity index (χ2n) is 7.50. The van der Waals surface area contributed by atoms with Crippen molar-refractivity contribution < 1.29 is 14.3 Å². The van der Waals surface area contributed by atoms with Crippen LogP contribution in [0.15, 0.2) is 18.2 Å². The van der Waals surface area contributed by atoms with Gasteiger partial charge in [-0.3, -0.25) is 9.69 Å². The van der Waals surface area contributed by atoms with Gasteiger partial charge in [0.05, 0.1) is 5.41 Å². The molecule has 1 N–H and O–H groups in total. The van der Waals surface area contributed by atoms with Crippen molar-refractivity contribution in [3.05, 3.63) is 35.1 Å². The Morgan fingerprint density at radius 3 is 2.52 bits per heavy atom. The van der Waals surface area contributed by atoms with Gasteiger partial charge in [0.2, 0.25) is 0 Å². The third-order valence-corrected chi connectivity index (χ3v) is 4.96. The predicted octanol–water partition coefficient (Wildman–Crippen LogP) is 4.24. The van der Waals surface area contributed by atoms with Crippen molar-refractivity contribution >= 4 is 5.97 Å². The Labute approximate surface area is 138 Å². The minimum atomic E-state index is -0.882. The Balaban J connectivity index is 2.03. The molecule has 3 nitrogen and oxygen atoms in total. The number of carboxylic acid groups (broad SMARTS) is 1. The number of hydrogen-bond acceptors (Lipinski definition) is 2. The van der Waals surface area contributed by atoms with Crippen LogP contribution >= 0.6 is 0 Å². The first-order chi connectivity index (χ1) is 10.8. The van der Waals surface area contributed by atoms with Crippen LogP contribution in [-0.4, -0.2) is 29.1 Å². The maximum atomic E-state index is 14.4. The first-order valence-corrected chi connectivity index (χ1v) is 8.50. The lowest BCUT2D eigenvalue weighted by Gasteiger charge is -2.31. The second-order valence-corrected chi connectivity index (χ2v) is 7.50. The molecule has 0 aromatic heterocycles. The standard InChI is InChI=1S/C19H28FNO2/c1-19(2,18(22)23)12-14-9-10-15(17(20)11-14)13-21(3)16-7-5-4-6-8-16/h9-11,16H,4-8,12-13H2,1-3H3,(H,22,23). The SMILES string of the molecule is CN(Cc1ccc(CC(C)(C)C(=O)O)cc1F)C1CCCCC1. The molecule has 0 aliphatic heterocycles. The van der Waals surface area contributed by atoms with E-state index in [2.05, 4.69) is 11.9 Å². The number of hydrogen-bond donors (Lipinski definition) is 1. The third kappa shape index (κ3) is 4.77. The molecule has 0 unspecified atom stereocenters. The summed E-state index contributed by atoms with van der Waals surface area (Å²) in [5, 5.41) is 9.19. The van der Waals surface area contributed by atoms with Gasteiger partial charge in [0, 0.05) is 18.2 Å². The van der Waals surface area contributed by atoms with Crippen LogP contribution in [0.2, 0.25) is 0 Å². The first kappa shape index (κ1) is 17.9. The molecular weight excluding hydrogens is 293 g/mol. The van der Waals surface area contributed by atoms with E-state index in [1.54, 1.807) is 13.8 Å². The second kappa shape index (κ2) is 7.43. The molecule has 2 rings (SSSR count). The topological polar surface area (TPSA) is 40.5 Å². The van der Waals surface area contributed by atoms with E-state index in [9.17, 15) is 14.3 Å². The van der Waals surface area contributed by atoms with Gasteiger partial charge >= 0.3 is 5.97 Å². The number of nitrogens with zero attached hydrogens (tertiary/aromatic N) is 1. The van der Waals surface area contributed by atoms with Crippen molar-refractivity contribution in [2.45, 2.75) is 65.0 Å². The van der Waals surface area contributed by atoms with E-state index in [0.717, 1.165) is 5.56 Å². The lowest BCUT2D eigenvalue weighted by molar-refractivity contribution is -0.146. The molecule has 0 spiro atoms. The summed E-state index contributed by atoms with van der Waals surface area (Å²) < 4.78 is 14.4. The summed E-state index contributed by atoms with van der Waals surface area (Å²) >= 11 is 0. The molecule has 0 amide bonds. The minimum absolute atomic E-state index is 0.230. The number of carboxylic acids is 1. The molecule has 23 heavy (non-hydrogen) atoms. The van der Waals surface area contributed by atoms with E-state index in [1.165, 1.54) is 38.2 Å². The van der Waals surface area contributed by atoms with Gasteiger partial charge in [-0.05, 0) is 51.8 Å². The normalized spacial score (nSPS) is 16.7. The summed E-state index contributed by atoms with van der Waals surface area (Å²) in [6, 6.07) is 5.71. The highest BCUT2D eigenvalue weighted by atomic mass is 19.1. The molecule has 0 saturated heterocycles. The summed E-state index contributed by atoms with van der Waals surface area (Å²) in [6.45, 7) is 3.94. The minimum Gasteiger partial charge on any atom is -0.481 e. The van der Waals surface area contributed by atoms with E-state index in [-0.39, 0.29) is 5.82 Å². The number of halogens is 1. The highest BCUT2D eigenvalue weighted by Gasteiger charge is 2.27. The Kier molecular flexibility index (Phi) is 5.79. The van der Waals surface area contributed by atoms with Crippen molar-refractivity contribution in [1.82, 2.24) is 4.90 Å². The summed E-state index contributed by atoms with van der Waals surface area (Å²) in [5.41, 5.74) is 0.543. The van der Waals surface area contributed by atoms with Crippen LogP contribution in [0.3, 0.4) is 0 Å². The van der Waals surface area contributed by atoms with E-state index in [4.69, 9.17) is 0 Å². The zero-order valence-electron chi connectivity index (χ0n) is 14.4. The van der Waals surface area contributed by atoms with Crippen molar-refractivity contribution in [1.29, 1.82) is 0 Å². The number of carbonyl (C=O) groups is 1. The highest BCUT2D eigenvalue weighted by Crippen LogP contribution is 2.26. The molecule has 1 saturated carbocycles. The molecule has 0 atom stereocenters. The highest BCUT2D eigenvalue weighted by molar-refractivity contribution is 5.74. The van der Waals surface area contributed by atoms with Crippen LogP contribution in [0.4, 0.5) is 4.39 Å². The summed E-state index contributed by atoms with van der Waals surface area (Å²) in [4.78, 5) is 13.4. The molecule has 4 heteroatoms. The fraction of sp³-hybridized carbons (Fsp3) is 0.632. The molecule has 1 aromatic rings. The molecule has 1 fully saturated rings. The van der Waals surface area contributed by atoms with E-state index in [1.807, 2.05) is 12.1 Å². The Bertz CT molecular complexity index is 550. The Morgan fingerprint density at radius 1 is 1.30 bits per heavy atom. The smallest absolute Gasteiger partial charge is 0.309 e. The zero-order valence-corrected chi connectivity index (χ0v) is 14.4. The van der Waals surface area contributed by atoms with Crippen LogP contribution in [0.5, 0.6) is 0 Å². The van der Waals surface area contributed by atoms with Crippen LogP contribution < -0.4 is 0 Å². The van der Waals surface area contributed by atoms with Gasteiger partial charge in [0.25, 0.3) is 0 Å². The molecule has 0 radical (unpaired) electrons. The maximum Gasteiger partial charge on any atom is 0.309 e. The van der Waals surface area contributed by atoms with Gasteiger partial charge in [0.15, 0.2) is 0 Å². The zero-order chi connectivity index (χ0) is 17.0. The van der Waals surface area contributed by atoms with Crippen LogP contribution in [0, 0.1) is 11.2 Å². The van der Waals surface area contributed by atoms with Gasteiger partial charge in [-0.15, -0.1) is 0 Å². The fourth-order valence-electron chi connectivity index (χ4n) is 3.33. The monoisotopic (exact) mass is 321 g/mol. The average molecular weight is 321 g/mol. The van der Waals surface area contributed by atoms with Gasteiger partial charge < -0.3 is 5.11 Å². The third-order valence-electron chi connectivity index (χ3n) is 4.96. The van der Waals surface area contributed by atoms with Gasteiger partial charge in [-0.2, -0.15) is 0 Å². The predicted molar refractivity (Wildman–Crippen MR) is 89.9 cm³/mol. The van der Waals surface area contributed by atoms with Gasteiger partial charge in [0.1, 0.15) is 5.82 Å². The molecular formula is C19H28FNO2. The van der Waals surface area contributed by atoms with Gasteiger partial charge in [-0.25, -0.2) is 4.39 Å². The fourth-order valence-corrected chi connectivity index (χ4v) is 3.33. The maximum absolute atomic E-state index is 14.4. The van der Waals surface area contributed by atoms with E-state index >= 15 is 0 Å². The van der Waals surface area contributed by atoms with E-state index < -0.39 is 11.4 Å². The van der Waals surface area contributed by atoms with E-state index in [0.29, 0.717) is 24.6 Å². The average Bonchev–Trinajstić information content (AvgIpc) is 2.50. The number of benzene rings is 1. The Morgan fingerprint density at radius 2 is 1.96 bits per heavy atom. The lowest BCUT2D eigenvalue weighted by atomic mass is 9.85. The first-order valence-electron chi connectivity index (χ1n) is 8.50. The van der Waals surface area contributed by atoms with Crippen LogP contribution in [-0.2, 0) is 17.8 Å². The quantitative estimate of drug-likeness (QED) is 0.852. The van der Waals surface area contributed by atoms with Crippen molar-refractivity contribution in [3.8, 4) is 0 Å². The van der Waals surface area contributed by atoms with Crippen LogP contribution in [0.1, 0.15) is 57.1 Å². The molecule has 1 aliphatic rings. The van der Waals surface area contributed by atoms with Crippen molar-refractivity contribution in [3.63, 3.8) is 0 Å². The largest absolute Gasteiger partial charge is 0.481 e. The molecule has 128 valence electrons. The number of aliphatic carboxylic acids is 1. The summed E-state index contributed by atoms with van der Waals surface area (Å²) in [6.07, 6.45) is 6.57. The van der Waals surface area contributed by atoms with Crippen molar-refractivity contribution in [2.24, 2.45) is 5.41 Å². The van der Waals surface area contributed by atoms with Crippen LogP contribution in [0.25, 0.3) is 0 Å². The molecule has 1 aliphatic carbocycles. The molecule has 1 aromatic carbocycles. The molecule has 0 heterocycles. The molecule has 0 bridgehead atoms. The van der Waals surface area contributed by atoms with Gasteiger partial charge in [-0.1, -0.05) is 31.4 Å². The van der Waals surface area contributed by atoms with Crippen molar-refractivity contribution in [2.75, 3.05) is 7.05 Å². The summed E-state index contributed by atoms with van der Waals surface area (Å²) in [5.74, 6) is -1.09. The number of rotatable bonds is 6.